The van der Waals surface area contributed by atoms with Gasteiger partial charge in [-0.3, -0.25) is 9.69 Å². The third-order valence-electron chi connectivity index (χ3n) is 5.70. The molecule has 2 aliphatic heterocycles. The minimum Gasteiger partial charge on any atom is -0.447 e. The standard InChI is InChI=1S/C23H28N4O3/c1-3-4-18-15-17(2)21(24-16-18)25-9-11-26(12-10-25)22(28)19-5-7-20(8-6-19)27-13-14-30-23(27)29/h5-8,15-16H,3-4,9-14H2,1-2H3. The van der Waals surface area contributed by atoms with Crippen LogP contribution in [0.1, 0.15) is 34.8 Å². The van der Waals surface area contributed by atoms with Gasteiger partial charge in [0.1, 0.15) is 12.4 Å². The molecule has 2 aliphatic rings. The van der Waals surface area contributed by atoms with Crippen LogP contribution in [0.3, 0.4) is 0 Å². The summed E-state index contributed by atoms with van der Waals surface area (Å²) in [5, 5.41) is 0. The number of hydrogen-bond acceptors (Lipinski definition) is 5. The van der Waals surface area contributed by atoms with E-state index in [0.717, 1.165) is 37.4 Å². The van der Waals surface area contributed by atoms with E-state index in [0.29, 0.717) is 31.8 Å². The largest absolute Gasteiger partial charge is 0.447 e. The Balaban J connectivity index is 1.37. The number of hydrogen-bond donors (Lipinski definition) is 0. The highest BCUT2D eigenvalue weighted by atomic mass is 16.6. The summed E-state index contributed by atoms with van der Waals surface area (Å²) < 4.78 is 4.97. The number of carbonyl (C=O) groups excluding carboxylic acids is 2. The molecule has 2 saturated heterocycles. The topological polar surface area (TPSA) is 66.0 Å². The van der Waals surface area contributed by atoms with Crippen molar-refractivity contribution in [2.75, 3.05) is 49.1 Å². The summed E-state index contributed by atoms with van der Waals surface area (Å²) in [6, 6.07) is 9.41. The lowest BCUT2D eigenvalue weighted by atomic mass is 10.1. The van der Waals surface area contributed by atoms with E-state index in [-0.39, 0.29) is 12.0 Å². The molecule has 7 heteroatoms. The highest BCUT2D eigenvalue weighted by Gasteiger charge is 2.26. The molecule has 1 aromatic heterocycles. The van der Waals surface area contributed by atoms with Gasteiger partial charge in [-0.15, -0.1) is 0 Å². The number of benzene rings is 1. The third kappa shape index (κ3) is 4.10. The van der Waals surface area contributed by atoms with E-state index < -0.39 is 0 Å². The minimum absolute atomic E-state index is 0.0215. The average molecular weight is 409 g/mol. The molecule has 0 N–H and O–H groups in total. The maximum atomic E-state index is 12.9. The van der Waals surface area contributed by atoms with Crippen molar-refractivity contribution < 1.29 is 14.3 Å². The number of aromatic nitrogens is 1. The molecular weight excluding hydrogens is 380 g/mol. The SMILES string of the molecule is CCCc1cnc(N2CCN(C(=O)c3ccc(N4CCOC4=O)cc3)CC2)c(C)c1. The summed E-state index contributed by atoms with van der Waals surface area (Å²) in [5.74, 6) is 1.04. The van der Waals surface area contributed by atoms with E-state index in [1.54, 1.807) is 29.2 Å². The molecule has 2 aromatic rings. The van der Waals surface area contributed by atoms with Gasteiger partial charge in [-0.2, -0.15) is 0 Å². The van der Waals surface area contributed by atoms with Crippen molar-refractivity contribution in [3.05, 3.63) is 53.2 Å². The second-order valence-electron chi connectivity index (χ2n) is 7.83. The van der Waals surface area contributed by atoms with Crippen LogP contribution in [-0.2, 0) is 11.2 Å². The third-order valence-corrected chi connectivity index (χ3v) is 5.70. The molecule has 0 aliphatic carbocycles. The smallest absolute Gasteiger partial charge is 0.414 e. The van der Waals surface area contributed by atoms with Crippen LogP contribution in [0, 0.1) is 6.92 Å². The van der Waals surface area contributed by atoms with Crippen LogP contribution in [0.15, 0.2) is 36.5 Å². The normalized spacial score (nSPS) is 16.7. The van der Waals surface area contributed by atoms with E-state index >= 15 is 0 Å². The van der Waals surface area contributed by atoms with Crippen molar-refractivity contribution in [3.63, 3.8) is 0 Å². The van der Waals surface area contributed by atoms with E-state index in [4.69, 9.17) is 4.74 Å². The average Bonchev–Trinajstić information content (AvgIpc) is 3.20. The predicted octanol–water partition coefficient (Wildman–Crippen LogP) is 3.26. The Bertz CT molecular complexity index is 921. The molecule has 0 atom stereocenters. The molecule has 30 heavy (non-hydrogen) atoms. The number of rotatable bonds is 5. The predicted molar refractivity (Wildman–Crippen MR) is 116 cm³/mol. The van der Waals surface area contributed by atoms with Gasteiger partial charge in [0, 0.05) is 43.6 Å². The summed E-state index contributed by atoms with van der Waals surface area (Å²) in [5.41, 5.74) is 3.86. The van der Waals surface area contributed by atoms with Crippen molar-refractivity contribution >= 4 is 23.5 Å². The maximum Gasteiger partial charge on any atom is 0.414 e. The van der Waals surface area contributed by atoms with Crippen molar-refractivity contribution in [2.24, 2.45) is 0 Å². The maximum absolute atomic E-state index is 12.9. The van der Waals surface area contributed by atoms with Gasteiger partial charge in [0.15, 0.2) is 0 Å². The van der Waals surface area contributed by atoms with Crippen LogP contribution in [0.2, 0.25) is 0 Å². The molecule has 1 aromatic carbocycles. The summed E-state index contributed by atoms with van der Waals surface area (Å²) >= 11 is 0. The molecule has 2 fully saturated rings. The fraction of sp³-hybridized carbons (Fsp3) is 0.435. The second kappa shape index (κ2) is 8.73. The fourth-order valence-electron chi connectivity index (χ4n) is 4.10. The van der Waals surface area contributed by atoms with Gasteiger partial charge in [0.2, 0.25) is 0 Å². The van der Waals surface area contributed by atoms with Crippen molar-refractivity contribution in [1.29, 1.82) is 0 Å². The summed E-state index contributed by atoms with van der Waals surface area (Å²) in [6.45, 7) is 8.09. The molecule has 7 nitrogen and oxygen atoms in total. The van der Waals surface area contributed by atoms with Crippen LogP contribution in [0.5, 0.6) is 0 Å². The van der Waals surface area contributed by atoms with Crippen LogP contribution in [-0.4, -0.2) is 61.2 Å². The molecule has 0 radical (unpaired) electrons. The van der Waals surface area contributed by atoms with Crippen LogP contribution >= 0.6 is 0 Å². The zero-order chi connectivity index (χ0) is 21.1. The number of amides is 2. The number of ether oxygens (including phenoxy) is 1. The monoisotopic (exact) mass is 408 g/mol. The van der Waals surface area contributed by atoms with E-state index in [1.165, 1.54) is 11.1 Å². The Kier molecular flexibility index (Phi) is 5.88. The molecule has 4 rings (SSSR count). The van der Waals surface area contributed by atoms with E-state index in [9.17, 15) is 9.59 Å². The second-order valence-corrected chi connectivity index (χ2v) is 7.83. The van der Waals surface area contributed by atoms with Crippen molar-refractivity contribution in [1.82, 2.24) is 9.88 Å². The quantitative estimate of drug-likeness (QED) is 0.760. The number of cyclic esters (lactones) is 1. The van der Waals surface area contributed by atoms with Gasteiger partial charge in [0.05, 0.1) is 6.54 Å². The molecule has 0 saturated carbocycles. The first kappa shape index (κ1) is 20.2. The Morgan fingerprint density at radius 1 is 1.10 bits per heavy atom. The van der Waals surface area contributed by atoms with Crippen LogP contribution in [0.25, 0.3) is 0 Å². The van der Waals surface area contributed by atoms with E-state index in [2.05, 4.69) is 29.8 Å². The zero-order valence-corrected chi connectivity index (χ0v) is 17.6. The van der Waals surface area contributed by atoms with Gasteiger partial charge in [-0.25, -0.2) is 9.78 Å². The number of carbonyl (C=O) groups is 2. The lowest BCUT2D eigenvalue weighted by Crippen LogP contribution is -2.49. The lowest BCUT2D eigenvalue weighted by molar-refractivity contribution is 0.0746. The van der Waals surface area contributed by atoms with Crippen LogP contribution < -0.4 is 9.80 Å². The fourth-order valence-corrected chi connectivity index (χ4v) is 4.10. The zero-order valence-electron chi connectivity index (χ0n) is 17.6. The van der Waals surface area contributed by atoms with Crippen molar-refractivity contribution in [2.45, 2.75) is 26.7 Å². The van der Waals surface area contributed by atoms with Gasteiger partial charge < -0.3 is 14.5 Å². The van der Waals surface area contributed by atoms with Crippen molar-refractivity contribution in [3.8, 4) is 0 Å². The molecule has 2 amide bonds. The lowest BCUT2D eigenvalue weighted by Gasteiger charge is -2.36. The van der Waals surface area contributed by atoms with Gasteiger partial charge in [-0.05, 0) is 48.7 Å². The Labute approximate surface area is 177 Å². The summed E-state index contributed by atoms with van der Waals surface area (Å²) in [7, 11) is 0. The number of nitrogens with zero attached hydrogens (tertiary/aromatic N) is 4. The Hall–Kier alpha value is -3.09. The summed E-state index contributed by atoms with van der Waals surface area (Å²) in [6.07, 6.45) is 3.80. The minimum atomic E-state index is -0.336. The van der Waals surface area contributed by atoms with Gasteiger partial charge >= 0.3 is 6.09 Å². The Morgan fingerprint density at radius 2 is 1.83 bits per heavy atom. The molecule has 158 valence electrons. The molecule has 0 spiro atoms. The molecule has 0 bridgehead atoms. The first-order valence-electron chi connectivity index (χ1n) is 10.6. The van der Waals surface area contributed by atoms with Gasteiger partial charge in [-0.1, -0.05) is 19.4 Å². The molecule has 3 heterocycles. The number of aryl methyl sites for hydroxylation is 2. The number of anilines is 2. The molecule has 0 unspecified atom stereocenters. The first-order valence-corrected chi connectivity index (χ1v) is 10.6. The first-order chi connectivity index (χ1) is 14.6. The summed E-state index contributed by atoms with van der Waals surface area (Å²) in [4.78, 5) is 35.0. The number of pyridine rings is 1. The van der Waals surface area contributed by atoms with Crippen LogP contribution in [0.4, 0.5) is 16.3 Å². The van der Waals surface area contributed by atoms with Gasteiger partial charge in [0.25, 0.3) is 5.91 Å². The highest BCUT2D eigenvalue weighted by Crippen LogP contribution is 2.22. The number of piperazine rings is 1. The Morgan fingerprint density at radius 3 is 2.43 bits per heavy atom. The highest BCUT2D eigenvalue weighted by molar-refractivity contribution is 5.95. The van der Waals surface area contributed by atoms with E-state index in [1.807, 2.05) is 11.1 Å². The molecular formula is C23H28N4O3.